The molecule has 6 rings (SSSR count). The summed E-state index contributed by atoms with van der Waals surface area (Å²) < 4.78 is 0. The van der Waals surface area contributed by atoms with Gasteiger partial charge < -0.3 is 5.32 Å². The summed E-state index contributed by atoms with van der Waals surface area (Å²) in [4.78, 5) is 34.2. The molecule has 0 spiro atoms. The summed E-state index contributed by atoms with van der Waals surface area (Å²) in [6.07, 6.45) is 7.93. The third-order valence-corrected chi connectivity index (χ3v) is 7.49. The molecule has 192 valence electrons. The molecule has 4 aromatic rings. The van der Waals surface area contributed by atoms with Gasteiger partial charge in [-0.1, -0.05) is 78.4 Å². The molecule has 2 aliphatic rings. The highest BCUT2D eigenvalue weighted by molar-refractivity contribution is 6.10. The number of aromatic nitrogens is 1. The predicted octanol–water partition coefficient (Wildman–Crippen LogP) is 7.00. The molecule has 1 N–H and O–H groups in total. The van der Waals surface area contributed by atoms with Crippen LogP contribution < -0.4 is 10.2 Å². The van der Waals surface area contributed by atoms with E-state index in [1.807, 2.05) is 72.8 Å². The van der Waals surface area contributed by atoms with E-state index in [-0.39, 0.29) is 17.6 Å². The van der Waals surface area contributed by atoms with E-state index in [2.05, 4.69) is 41.5 Å². The fourth-order valence-electron chi connectivity index (χ4n) is 5.57. The van der Waals surface area contributed by atoms with Gasteiger partial charge in [-0.05, 0) is 60.2 Å². The van der Waals surface area contributed by atoms with Crippen molar-refractivity contribution in [3.63, 3.8) is 0 Å². The lowest BCUT2D eigenvalue weighted by Crippen LogP contribution is -2.37. The molecular weight excluding hydrogens is 482 g/mol. The van der Waals surface area contributed by atoms with Gasteiger partial charge in [0, 0.05) is 36.2 Å². The maximum Gasteiger partial charge on any atom is 0.251 e. The fourth-order valence-corrected chi connectivity index (χ4v) is 5.57. The van der Waals surface area contributed by atoms with Crippen molar-refractivity contribution in [2.24, 2.45) is 0 Å². The Morgan fingerprint density at radius 3 is 2.44 bits per heavy atom. The molecular formula is C34H29N3O2. The predicted molar refractivity (Wildman–Crippen MR) is 155 cm³/mol. The van der Waals surface area contributed by atoms with Crippen molar-refractivity contribution < 1.29 is 9.59 Å². The molecule has 2 heterocycles. The lowest BCUT2D eigenvalue weighted by atomic mass is 9.78. The van der Waals surface area contributed by atoms with Crippen LogP contribution in [0.25, 0.3) is 6.08 Å². The van der Waals surface area contributed by atoms with Crippen LogP contribution in [0.4, 0.5) is 11.4 Å². The van der Waals surface area contributed by atoms with Gasteiger partial charge in [0.1, 0.15) is 0 Å². The Hall–Kier alpha value is -4.77. The van der Waals surface area contributed by atoms with Crippen LogP contribution in [0, 0.1) is 6.92 Å². The van der Waals surface area contributed by atoms with Crippen molar-refractivity contribution in [3.8, 4) is 0 Å². The molecule has 0 radical (unpaired) electrons. The minimum absolute atomic E-state index is 0.0424. The van der Waals surface area contributed by atoms with Crippen LogP contribution in [-0.4, -0.2) is 16.7 Å². The molecule has 1 aliphatic carbocycles. The summed E-state index contributed by atoms with van der Waals surface area (Å²) in [5, 5.41) is 3.58. The number of aryl methyl sites for hydroxylation is 1. The Balaban J connectivity index is 1.49. The highest BCUT2D eigenvalue weighted by Gasteiger charge is 2.41. The topological polar surface area (TPSA) is 62.3 Å². The first-order valence-corrected chi connectivity index (χ1v) is 13.2. The number of ketones is 1. The van der Waals surface area contributed by atoms with E-state index < -0.39 is 6.04 Å². The number of allylic oxidation sites excluding steroid dienone is 1. The zero-order valence-electron chi connectivity index (χ0n) is 21.7. The van der Waals surface area contributed by atoms with Crippen LogP contribution in [-0.2, 0) is 9.59 Å². The third kappa shape index (κ3) is 4.91. The quantitative estimate of drug-likeness (QED) is 0.300. The maximum absolute atomic E-state index is 14.0. The van der Waals surface area contributed by atoms with E-state index in [1.165, 1.54) is 5.56 Å². The number of rotatable bonds is 4. The van der Waals surface area contributed by atoms with Gasteiger partial charge in [-0.15, -0.1) is 0 Å². The minimum atomic E-state index is -0.607. The maximum atomic E-state index is 14.0. The molecule has 0 saturated carbocycles. The fraction of sp³-hybridized carbons (Fsp3) is 0.147. The average molecular weight is 512 g/mol. The summed E-state index contributed by atoms with van der Waals surface area (Å²) in [5.41, 5.74) is 7.09. The Morgan fingerprint density at radius 2 is 1.67 bits per heavy atom. The molecule has 2 atom stereocenters. The number of Topliss-reactive ketones (excluding diaryl/α,β-unsaturated/α-hetero) is 1. The van der Waals surface area contributed by atoms with Crippen molar-refractivity contribution >= 4 is 29.1 Å². The lowest BCUT2D eigenvalue weighted by Gasteiger charge is -2.34. The van der Waals surface area contributed by atoms with Crippen molar-refractivity contribution in [1.82, 2.24) is 4.98 Å². The van der Waals surface area contributed by atoms with Gasteiger partial charge in [0.15, 0.2) is 5.78 Å². The van der Waals surface area contributed by atoms with Gasteiger partial charge in [0.05, 0.1) is 17.4 Å². The van der Waals surface area contributed by atoms with E-state index in [0.29, 0.717) is 18.4 Å². The molecule has 3 aromatic carbocycles. The Bertz CT molecular complexity index is 1570. The Labute approximate surface area is 228 Å². The van der Waals surface area contributed by atoms with Crippen LogP contribution in [0.2, 0.25) is 0 Å². The summed E-state index contributed by atoms with van der Waals surface area (Å²) in [7, 11) is 0. The summed E-state index contributed by atoms with van der Waals surface area (Å²) >= 11 is 0. The van der Waals surface area contributed by atoms with Crippen LogP contribution in [0.3, 0.4) is 0 Å². The standard InChI is InChI=1S/C34H29N3O2/c1-23-13-16-25(17-14-23)27-20-29-33(31(38)21-27)34(26-10-7-19-35-22-26)37(30-12-6-5-11-28(30)36-29)32(39)18-15-24-8-3-2-4-9-24/h2-19,22,27,34,36H,20-21H2,1H3/b18-15+/t27-,34+/m1/s1. The van der Waals surface area contributed by atoms with Gasteiger partial charge in [0.25, 0.3) is 5.91 Å². The smallest absolute Gasteiger partial charge is 0.251 e. The number of hydrogen-bond donors (Lipinski definition) is 1. The first-order chi connectivity index (χ1) is 19.1. The van der Waals surface area contributed by atoms with Crippen molar-refractivity contribution in [2.75, 3.05) is 10.2 Å². The van der Waals surface area contributed by atoms with E-state index >= 15 is 0 Å². The van der Waals surface area contributed by atoms with E-state index in [9.17, 15) is 9.59 Å². The SMILES string of the molecule is Cc1ccc([C@H]2CC(=O)C3=C(C2)Nc2ccccc2N(C(=O)/C=C/c2ccccc2)[C@H]3c2cccnc2)cc1. The van der Waals surface area contributed by atoms with Gasteiger partial charge in [-0.25, -0.2) is 0 Å². The molecule has 1 aliphatic heterocycles. The van der Waals surface area contributed by atoms with Gasteiger partial charge >= 0.3 is 0 Å². The van der Waals surface area contributed by atoms with Gasteiger partial charge in [0.2, 0.25) is 0 Å². The largest absolute Gasteiger partial charge is 0.357 e. The van der Waals surface area contributed by atoms with Crippen molar-refractivity contribution in [2.45, 2.75) is 31.7 Å². The van der Waals surface area contributed by atoms with E-state index in [0.717, 1.165) is 33.8 Å². The molecule has 39 heavy (non-hydrogen) atoms. The summed E-state index contributed by atoms with van der Waals surface area (Å²) in [5.74, 6) is -0.101. The highest BCUT2D eigenvalue weighted by atomic mass is 16.2. The monoisotopic (exact) mass is 511 g/mol. The average Bonchev–Trinajstić information content (AvgIpc) is 3.12. The number of anilines is 2. The minimum Gasteiger partial charge on any atom is -0.357 e. The van der Waals surface area contributed by atoms with E-state index in [4.69, 9.17) is 0 Å². The molecule has 1 amide bonds. The number of benzene rings is 3. The Morgan fingerprint density at radius 1 is 0.897 bits per heavy atom. The second-order valence-corrected chi connectivity index (χ2v) is 10.1. The molecule has 0 bridgehead atoms. The molecule has 5 nitrogen and oxygen atoms in total. The lowest BCUT2D eigenvalue weighted by molar-refractivity contribution is -0.116. The number of fused-ring (bicyclic) bond motifs is 1. The number of carbonyl (C=O) groups is 2. The van der Waals surface area contributed by atoms with Crippen LogP contribution in [0.1, 0.15) is 47.1 Å². The number of nitrogens with one attached hydrogen (secondary N) is 1. The molecule has 0 unspecified atom stereocenters. The summed E-state index contributed by atoms with van der Waals surface area (Å²) in [6, 6.07) is 29.1. The molecule has 1 aromatic heterocycles. The summed E-state index contributed by atoms with van der Waals surface area (Å²) in [6.45, 7) is 2.07. The zero-order valence-corrected chi connectivity index (χ0v) is 21.7. The number of carbonyl (C=O) groups excluding carboxylic acids is 2. The second kappa shape index (κ2) is 10.5. The van der Waals surface area contributed by atoms with Crippen LogP contribution in [0.15, 0.2) is 121 Å². The second-order valence-electron chi connectivity index (χ2n) is 10.1. The number of para-hydroxylation sites is 2. The normalized spacial score (nSPS) is 18.8. The first-order valence-electron chi connectivity index (χ1n) is 13.2. The van der Waals surface area contributed by atoms with Crippen LogP contribution >= 0.6 is 0 Å². The number of hydrogen-bond acceptors (Lipinski definition) is 4. The highest BCUT2D eigenvalue weighted by Crippen LogP contribution is 2.47. The Kier molecular flexibility index (Phi) is 6.64. The van der Waals surface area contributed by atoms with Gasteiger partial charge in [-0.3, -0.25) is 19.5 Å². The van der Waals surface area contributed by atoms with Crippen molar-refractivity contribution in [3.05, 3.63) is 143 Å². The number of amides is 1. The molecule has 0 saturated heterocycles. The van der Waals surface area contributed by atoms with Gasteiger partial charge in [-0.2, -0.15) is 0 Å². The van der Waals surface area contributed by atoms with Crippen molar-refractivity contribution in [1.29, 1.82) is 0 Å². The van der Waals surface area contributed by atoms with Crippen LogP contribution in [0.5, 0.6) is 0 Å². The zero-order chi connectivity index (χ0) is 26.8. The third-order valence-electron chi connectivity index (χ3n) is 7.49. The first kappa shape index (κ1) is 24.6. The van der Waals surface area contributed by atoms with E-state index in [1.54, 1.807) is 23.4 Å². The molecule has 0 fully saturated rings. The number of pyridine rings is 1. The number of nitrogens with zero attached hydrogens (tertiary/aromatic N) is 2. The molecule has 5 heteroatoms.